The van der Waals surface area contributed by atoms with Crippen LogP contribution in [0.25, 0.3) is 11.5 Å². The number of pyridine rings is 1. The van der Waals surface area contributed by atoms with Crippen LogP contribution in [0.4, 0.5) is 0 Å². The maximum absolute atomic E-state index is 12.6. The van der Waals surface area contributed by atoms with Crippen molar-refractivity contribution < 1.29 is 4.79 Å². The Balaban J connectivity index is 1.47. The molecule has 0 unspecified atom stereocenters. The van der Waals surface area contributed by atoms with Crippen LogP contribution in [0.1, 0.15) is 22.5 Å². The fourth-order valence-electron chi connectivity index (χ4n) is 3.34. The van der Waals surface area contributed by atoms with Crippen molar-refractivity contribution in [3.05, 3.63) is 89.6 Å². The Hall–Kier alpha value is -3.74. The molecule has 4 aromatic rings. The summed E-state index contributed by atoms with van der Waals surface area (Å²) in [5, 5.41) is 11.8. The number of benzene rings is 1. The van der Waals surface area contributed by atoms with Crippen molar-refractivity contribution in [2.24, 2.45) is 0 Å². The molecule has 0 bridgehead atoms. The molecular weight excluding hydrogens is 364 g/mol. The Morgan fingerprint density at radius 1 is 1.03 bits per heavy atom. The van der Waals surface area contributed by atoms with E-state index in [0.29, 0.717) is 12.4 Å². The summed E-state index contributed by atoms with van der Waals surface area (Å²) in [6.45, 7) is 4.31. The second-order valence-electron chi connectivity index (χ2n) is 6.79. The lowest BCUT2D eigenvalue weighted by atomic mass is 10.1. The monoisotopic (exact) mass is 386 g/mol. The molecule has 3 heterocycles. The van der Waals surface area contributed by atoms with Gasteiger partial charge >= 0.3 is 0 Å². The summed E-state index contributed by atoms with van der Waals surface area (Å²) >= 11 is 0. The van der Waals surface area contributed by atoms with Crippen molar-refractivity contribution in [2.75, 3.05) is 0 Å². The Morgan fingerprint density at radius 3 is 2.62 bits per heavy atom. The largest absolute Gasteiger partial charge is 0.352 e. The number of hydrogen-bond acceptors (Lipinski definition) is 4. The molecule has 1 N–H and O–H groups in total. The first-order valence-corrected chi connectivity index (χ1v) is 9.44. The lowest BCUT2D eigenvalue weighted by Gasteiger charge is -2.10. The van der Waals surface area contributed by atoms with Crippen LogP contribution in [0.5, 0.6) is 0 Å². The first kappa shape index (κ1) is 18.6. The lowest BCUT2D eigenvalue weighted by Crippen LogP contribution is -2.26. The highest BCUT2D eigenvalue weighted by atomic mass is 16.1. The molecular formula is C22H22N6O. The van der Waals surface area contributed by atoms with E-state index in [0.717, 1.165) is 28.2 Å². The number of carbonyl (C=O) groups is 1. The van der Waals surface area contributed by atoms with Crippen LogP contribution in [0.2, 0.25) is 0 Å². The second kappa shape index (κ2) is 8.10. The van der Waals surface area contributed by atoms with E-state index in [4.69, 9.17) is 0 Å². The van der Waals surface area contributed by atoms with Gasteiger partial charge in [-0.2, -0.15) is 10.2 Å². The topological polar surface area (TPSA) is 77.6 Å². The highest BCUT2D eigenvalue weighted by molar-refractivity contribution is 5.79. The van der Waals surface area contributed by atoms with E-state index < -0.39 is 0 Å². The fraction of sp³-hybridized carbons (Fsp3) is 0.182. The number of hydrogen-bond donors (Lipinski definition) is 1. The molecule has 4 rings (SSSR count). The molecule has 7 heteroatoms. The molecule has 1 aromatic carbocycles. The lowest BCUT2D eigenvalue weighted by molar-refractivity contribution is -0.120. The van der Waals surface area contributed by atoms with Gasteiger partial charge in [-0.3, -0.25) is 4.79 Å². The molecule has 0 radical (unpaired) electrons. The quantitative estimate of drug-likeness (QED) is 0.553. The van der Waals surface area contributed by atoms with Gasteiger partial charge in [-0.25, -0.2) is 14.3 Å². The van der Waals surface area contributed by atoms with Gasteiger partial charge in [-0.05, 0) is 38.1 Å². The van der Waals surface area contributed by atoms with Gasteiger partial charge < -0.3 is 5.32 Å². The highest BCUT2D eigenvalue weighted by Gasteiger charge is 2.16. The molecule has 0 aliphatic carbocycles. The predicted octanol–water partition coefficient (Wildman–Crippen LogP) is 2.93. The van der Waals surface area contributed by atoms with Crippen LogP contribution < -0.4 is 5.32 Å². The van der Waals surface area contributed by atoms with Crippen molar-refractivity contribution in [2.45, 2.75) is 26.8 Å². The van der Waals surface area contributed by atoms with E-state index in [2.05, 4.69) is 20.5 Å². The summed E-state index contributed by atoms with van der Waals surface area (Å²) in [4.78, 5) is 17.0. The van der Waals surface area contributed by atoms with Crippen LogP contribution in [-0.2, 0) is 17.8 Å². The first-order chi connectivity index (χ1) is 14.1. The summed E-state index contributed by atoms with van der Waals surface area (Å²) in [6.07, 6.45) is 5.53. The summed E-state index contributed by atoms with van der Waals surface area (Å²) in [6, 6.07) is 15.6. The van der Waals surface area contributed by atoms with Gasteiger partial charge in [0, 0.05) is 42.0 Å². The van der Waals surface area contributed by atoms with Crippen LogP contribution in [0, 0.1) is 13.8 Å². The second-order valence-corrected chi connectivity index (χ2v) is 6.79. The molecule has 0 atom stereocenters. The zero-order valence-corrected chi connectivity index (χ0v) is 16.4. The van der Waals surface area contributed by atoms with Crippen molar-refractivity contribution in [3.8, 4) is 11.5 Å². The number of amides is 1. The van der Waals surface area contributed by atoms with Gasteiger partial charge in [0.1, 0.15) is 0 Å². The Labute approximate surface area is 169 Å². The van der Waals surface area contributed by atoms with Gasteiger partial charge in [0.25, 0.3) is 0 Å². The zero-order chi connectivity index (χ0) is 20.2. The van der Waals surface area contributed by atoms with Crippen LogP contribution in [0.15, 0.2) is 67.1 Å². The van der Waals surface area contributed by atoms with E-state index in [1.54, 1.807) is 17.1 Å². The average Bonchev–Trinajstić information content (AvgIpc) is 3.37. The smallest absolute Gasteiger partial charge is 0.224 e. The van der Waals surface area contributed by atoms with Crippen molar-refractivity contribution in [1.29, 1.82) is 0 Å². The molecule has 0 spiro atoms. The molecule has 146 valence electrons. The number of carbonyl (C=O) groups excluding carboxylic acids is 1. The van der Waals surface area contributed by atoms with E-state index in [1.807, 2.05) is 73.3 Å². The van der Waals surface area contributed by atoms with Gasteiger partial charge in [0.05, 0.1) is 17.8 Å². The number of nitrogens with one attached hydrogen (secondary N) is 1. The number of para-hydroxylation sites is 1. The Bertz CT molecular complexity index is 1120. The van der Waals surface area contributed by atoms with Crippen molar-refractivity contribution >= 4 is 5.91 Å². The summed E-state index contributed by atoms with van der Waals surface area (Å²) in [5.41, 5.74) is 4.67. The maximum atomic E-state index is 12.6. The Morgan fingerprint density at radius 2 is 1.86 bits per heavy atom. The van der Waals surface area contributed by atoms with Crippen LogP contribution >= 0.6 is 0 Å². The predicted molar refractivity (Wildman–Crippen MR) is 110 cm³/mol. The molecule has 0 aliphatic heterocycles. The minimum Gasteiger partial charge on any atom is -0.352 e. The van der Waals surface area contributed by atoms with Gasteiger partial charge in [-0.1, -0.05) is 24.3 Å². The molecule has 29 heavy (non-hydrogen) atoms. The Kier molecular flexibility index (Phi) is 5.20. The molecule has 3 aromatic heterocycles. The van der Waals surface area contributed by atoms with Crippen molar-refractivity contribution in [1.82, 2.24) is 29.9 Å². The minimum atomic E-state index is -0.0564. The SMILES string of the molecule is Cc1nn(-c2ccccc2)c(C)c1CC(=O)NCc1cccnc1-n1cccn1. The van der Waals surface area contributed by atoms with E-state index in [1.165, 1.54) is 0 Å². The van der Waals surface area contributed by atoms with Gasteiger partial charge in [0.2, 0.25) is 5.91 Å². The third-order valence-electron chi connectivity index (χ3n) is 4.84. The summed E-state index contributed by atoms with van der Waals surface area (Å²) in [5.74, 6) is 0.654. The van der Waals surface area contributed by atoms with E-state index in [9.17, 15) is 4.79 Å². The summed E-state index contributed by atoms with van der Waals surface area (Å²) < 4.78 is 3.58. The molecule has 0 saturated carbocycles. The molecule has 7 nitrogen and oxygen atoms in total. The highest BCUT2D eigenvalue weighted by Crippen LogP contribution is 2.18. The molecule has 0 fully saturated rings. The third-order valence-corrected chi connectivity index (χ3v) is 4.84. The number of nitrogens with zero attached hydrogens (tertiary/aromatic N) is 5. The first-order valence-electron chi connectivity index (χ1n) is 9.44. The normalized spacial score (nSPS) is 10.8. The van der Waals surface area contributed by atoms with Gasteiger partial charge in [-0.15, -0.1) is 0 Å². The van der Waals surface area contributed by atoms with E-state index in [-0.39, 0.29) is 12.3 Å². The third kappa shape index (κ3) is 3.94. The number of aromatic nitrogens is 5. The van der Waals surface area contributed by atoms with Gasteiger partial charge in [0.15, 0.2) is 5.82 Å². The molecule has 0 aliphatic rings. The minimum absolute atomic E-state index is 0.0564. The maximum Gasteiger partial charge on any atom is 0.224 e. The number of aryl methyl sites for hydroxylation is 1. The van der Waals surface area contributed by atoms with Crippen molar-refractivity contribution in [3.63, 3.8) is 0 Å². The van der Waals surface area contributed by atoms with E-state index >= 15 is 0 Å². The van der Waals surface area contributed by atoms with Crippen LogP contribution in [0.3, 0.4) is 0 Å². The fourth-order valence-corrected chi connectivity index (χ4v) is 3.34. The van der Waals surface area contributed by atoms with Crippen LogP contribution in [-0.4, -0.2) is 30.5 Å². The average molecular weight is 386 g/mol. The molecule has 0 saturated heterocycles. The number of rotatable bonds is 6. The molecule has 1 amide bonds. The standard InChI is InChI=1S/C22H22N6O/c1-16-20(17(2)28(26-16)19-9-4-3-5-10-19)14-21(29)24-15-18-8-6-11-23-22(18)27-13-7-12-25-27/h3-13H,14-15H2,1-2H3,(H,24,29). The zero-order valence-electron chi connectivity index (χ0n) is 16.4. The summed E-state index contributed by atoms with van der Waals surface area (Å²) in [7, 11) is 0.